The number of rotatable bonds is 8. The Morgan fingerprint density at radius 3 is 1.33 bits per heavy atom. The lowest BCUT2D eigenvalue weighted by Crippen LogP contribution is -2.00. The molecule has 0 bridgehead atoms. The molecule has 11 aromatic rings. The first-order valence-electron chi connectivity index (χ1n) is 20.0. The molecule has 0 aliphatic heterocycles. The first-order valence-corrected chi connectivity index (χ1v) is 20.8. The van der Waals surface area contributed by atoms with Gasteiger partial charge in [-0.25, -0.2) is 29.9 Å². The van der Waals surface area contributed by atoms with Gasteiger partial charge in [0.25, 0.3) is 0 Å². The van der Waals surface area contributed by atoms with Crippen LogP contribution in [0.1, 0.15) is 0 Å². The average Bonchev–Trinajstić information content (AvgIpc) is 3.74. The standard InChI is InChI=1S/C53H33N7S/c1-4-16-34(17-5-1)48-56-51(58-52(57-48)40-25-13-23-38(33-40)44-29-10-11-31-54-44)39-24-12-22-37(32-39)41-26-15-30-45-46(41)42-27-14-28-43(47(42)61-45)53-59-49(35-18-6-2-7-19-35)55-50(60-53)36-20-8-3-9-21-36/h1-33H. The summed E-state index contributed by atoms with van der Waals surface area (Å²) in [5.41, 5.74) is 9.60. The summed E-state index contributed by atoms with van der Waals surface area (Å²) in [6.45, 7) is 0. The van der Waals surface area contributed by atoms with Gasteiger partial charge >= 0.3 is 0 Å². The SMILES string of the molecule is c1ccc(-c2nc(-c3cccc(-c4ccccn4)c3)nc(-c3cccc(-c4cccc5sc6c(-c7nc(-c8ccccc8)nc(-c8ccccc8)n7)cccc6c45)c3)n2)cc1. The van der Waals surface area contributed by atoms with Crippen LogP contribution in [0.3, 0.4) is 0 Å². The van der Waals surface area contributed by atoms with Crippen LogP contribution < -0.4 is 0 Å². The van der Waals surface area contributed by atoms with E-state index in [-0.39, 0.29) is 0 Å². The molecule has 0 aliphatic rings. The van der Waals surface area contributed by atoms with E-state index in [0.717, 1.165) is 65.9 Å². The van der Waals surface area contributed by atoms with E-state index in [1.165, 1.54) is 10.1 Å². The van der Waals surface area contributed by atoms with Crippen molar-refractivity contribution in [3.05, 3.63) is 200 Å². The summed E-state index contributed by atoms with van der Waals surface area (Å²) >= 11 is 1.76. The Morgan fingerprint density at radius 1 is 0.311 bits per heavy atom. The zero-order chi connectivity index (χ0) is 40.5. The number of thiophene rings is 1. The third-order valence-corrected chi connectivity index (χ3v) is 11.8. The number of nitrogens with zero attached hydrogens (tertiary/aromatic N) is 7. The van der Waals surface area contributed by atoms with Crippen LogP contribution in [-0.2, 0) is 0 Å². The van der Waals surface area contributed by atoms with Gasteiger partial charge in [0.2, 0.25) is 0 Å². The van der Waals surface area contributed by atoms with Gasteiger partial charge in [0, 0.05) is 65.3 Å². The number of hydrogen-bond donors (Lipinski definition) is 0. The second-order valence-electron chi connectivity index (χ2n) is 14.6. The van der Waals surface area contributed by atoms with E-state index in [1.54, 1.807) is 17.5 Å². The van der Waals surface area contributed by atoms with Gasteiger partial charge in [-0.05, 0) is 47.5 Å². The molecule has 0 spiro atoms. The van der Waals surface area contributed by atoms with E-state index in [2.05, 4.69) is 77.8 Å². The molecule has 0 radical (unpaired) electrons. The minimum absolute atomic E-state index is 0.592. The van der Waals surface area contributed by atoms with Crippen molar-refractivity contribution in [2.24, 2.45) is 0 Å². The highest BCUT2D eigenvalue weighted by atomic mass is 32.1. The van der Waals surface area contributed by atoms with Crippen molar-refractivity contribution < 1.29 is 0 Å². The summed E-state index contributed by atoms with van der Waals surface area (Å²) < 4.78 is 2.29. The maximum atomic E-state index is 5.11. The monoisotopic (exact) mass is 799 g/mol. The van der Waals surface area contributed by atoms with Crippen LogP contribution >= 0.6 is 11.3 Å². The van der Waals surface area contributed by atoms with Gasteiger partial charge in [-0.3, -0.25) is 4.98 Å². The molecule has 8 heteroatoms. The fourth-order valence-corrected chi connectivity index (χ4v) is 8.96. The maximum Gasteiger partial charge on any atom is 0.165 e. The van der Waals surface area contributed by atoms with Crippen molar-refractivity contribution in [1.82, 2.24) is 34.9 Å². The van der Waals surface area contributed by atoms with E-state index in [4.69, 9.17) is 29.9 Å². The largest absolute Gasteiger partial charge is 0.256 e. The highest BCUT2D eigenvalue weighted by Gasteiger charge is 2.19. The van der Waals surface area contributed by atoms with E-state index in [1.807, 2.05) is 121 Å². The number of fused-ring (bicyclic) bond motifs is 3. The topological polar surface area (TPSA) is 90.2 Å². The molecule has 7 aromatic carbocycles. The second kappa shape index (κ2) is 15.6. The predicted octanol–water partition coefficient (Wildman–Crippen LogP) is 13.2. The van der Waals surface area contributed by atoms with Crippen LogP contribution in [0.2, 0.25) is 0 Å². The predicted molar refractivity (Wildman–Crippen MR) is 247 cm³/mol. The lowest BCUT2D eigenvalue weighted by Gasteiger charge is -2.11. The van der Waals surface area contributed by atoms with Crippen LogP contribution in [0.15, 0.2) is 200 Å². The van der Waals surface area contributed by atoms with Crippen molar-refractivity contribution in [3.63, 3.8) is 0 Å². The molecule has 0 saturated heterocycles. The van der Waals surface area contributed by atoms with Gasteiger partial charge in [-0.1, -0.05) is 158 Å². The molecule has 0 N–H and O–H groups in total. The molecular weight excluding hydrogens is 767 g/mol. The smallest absolute Gasteiger partial charge is 0.165 e. The Morgan fingerprint density at radius 2 is 0.754 bits per heavy atom. The Kier molecular flexibility index (Phi) is 9.22. The Hall–Kier alpha value is -8.07. The Labute approximate surface area is 355 Å². The molecule has 0 unspecified atom stereocenters. The molecule has 286 valence electrons. The van der Waals surface area contributed by atoms with Gasteiger partial charge in [0.15, 0.2) is 34.9 Å². The molecule has 0 aliphatic carbocycles. The summed E-state index contributed by atoms with van der Waals surface area (Å²) in [6, 6.07) is 65.8. The summed E-state index contributed by atoms with van der Waals surface area (Å²) in [5, 5.41) is 2.32. The zero-order valence-electron chi connectivity index (χ0n) is 32.6. The molecule has 0 saturated carbocycles. The van der Waals surface area contributed by atoms with Crippen molar-refractivity contribution in [2.45, 2.75) is 0 Å². The van der Waals surface area contributed by atoms with Crippen LogP contribution in [0, 0.1) is 0 Å². The van der Waals surface area contributed by atoms with Gasteiger partial charge < -0.3 is 0 Å². The van der Waals surface area contributed by atoms with E-state index in [0.29, 0.717) is 34.9 Å². The van der Waals surface area contributed by atoms with Crippen LogP contribution in [0.25, 0.3) is 111 Å². The number of benzene rings is 7. The third kappa shape index (κ3) is 7.01. The summed E-state index contributed by atoms with van der Waals surface area (Å²) in [4.78, 5) is 34.9. The summed E-state index contributed by atoms with van der Waals surface area (Å²) in [6.07, 6.45) is 1.81. The van der Waals surface area contributed by atoms with Crippen molar-refractivity contribution in [3.8, 4) is 90.7 Å². The number of hydrogen-bond acceptors (Lipinski definition) is 8. The van der Waals surface area contributed by atoms with E-state index >= 15 is 0 Å². The van der Waals surface area contributed by atoms with Gasteiger partial charge in [0.1, 0.15) is 0 Å². The van der Waals surface area contributed by atoms with Crippen LogP contribution in [0.4, 0.5) is 0 Å². The van der Waals surface area contributed by atoms with Crippen molar-refractivity contribution >= 4 is 31.5 Å². The second-order valence-corrected chi connectivity index (χ2v) is 15.6. The lowest BCUT2D eigenvalue weighted by molar-refractivity contribution is 1.07. The third-order valence-electron chi connectivity index (χ3n) is 10.6. The number of aromatic nitrogens is 7. The lowest BCUT2D eigenvalue weighted by atomic mass is 9.97. The van der Waals surface area contributed by atoms with Crippen LogP contribution in [0.5, 0.6) is 0 Å². The summed E-state index contributed by atoms with van der Waals surface area (Å²) in [5.74, 6) is 3.71. The fourth-order valence-electron chi connectivity index (χ4n) is 7.72. The highest BCUT2D eigenvalue weighted by Crippen LogP contribution is 2.44. The molecule has 4 heterocycles. The maximum absolute atomic E-state index is 5.11. The average molecular weight is 800 g/mol. The van der Waals surface area contributed by atoms with E-state index in [9.17, 15) is 0 Å². The summed E-state index contributed by atoms with van der Waals surface area (Å²) in [7, 11) is 0. The van der Waals surface area contributed by atoms with Gasteiger partial charge in [-0.15, -0.1) is 11.3 Å². The fraction of sp³-hybridized carbons (Fsp3) is 0. The molecular formula is C53H33N7S. The molecule has 0 atom stereocenters. The molecule has 7 nitrogen and oxygen atoms in total. The minimum atomic E-state index is 0.592. The van der Waals surface area contributed by atoms with Crippen LogP contribution in [-0.4, -0.2) is 34.9 Å². The van der Waals surface area contributed by atoms with Gasteiger partial charge in [-0.2, -0.15) is 0 Å². The van der Waals surface area contributed by atoms with Gasteiger partial charge in [0.05, 0.1) is 5.69 Å². The quantitative estimate of drug-likeness (QED) is 0.151. The van der Waals surface area contributed by atoms with Crippen molar-refractivity contribution in [1.29, 1.82) is 0 Å². The first-order chi connectivity index (χ1) is 30.2. The number of pyridine rings is 1. The Balaban J connectivity index is 1.04. The molecule has 0 fully saturated rings. The Bertz CT molecular complexity index is 3300. The molecule has 4 aromatic heterocycles. The van der Waals surface area contributed by atoms with Crippen molar-refractivity contribution in [2.75, 3.05) is 0 Å². The van der Waals surface area contributed by atoms with E-state index < -0.39 is 0 Å². The highest BCUT2D eigenvalue weighted by molar-refractivity contribution is 7.26. The zero-order valence-corrected chi connectivity index (χ0v) is 33.4. The first kappa shape index (κ1) is 36.0. The normalized spacial score (nSPS) is 11.3. The molecule has 0 amide bonds. The molecule has 61 heavy (non-hydrogen) atoms. The minimum Gasteiger partial charge on any atom is -0.256 e. The molecule has 11 rings (SSSR count).